The number of nitrogens with zero attached hydrogens (tertiary/aromatic N) is 1. The fourth-order valence-corrected chi connectivity index (χ4v) is 2.84. The SMILES string of the molecule is CN(c1ccccc1C(=O)O)S(=O)(=O)NC(C)(C)C. The smallest absolute Gasteiger partial charge is 0.337 e. The molecule has 1 aromatic rings. The molecular formula is C12H18N2O4S. The quantitative estimate of drug-likeness (QED) is 0.877. The molecule has 0 unspecified atom stereocenters. The Morgan fingerprint density at radius 1 is 1.26 bits per heavy atom. The Morgan fingerprint density at radius 3 is 2.26 bits per heavy atom. The van der Waals surface area contributed by atoms with Gasteiger partial charge in [-0.05, 0) is 32.9 Å². The number of anilines is 1. The summed E-state index contributed by atoms with van der Waals surface area (Å²) in [6.07, 6.45) is 0. The standard InChI is InChI=1S/C12H18N2O4S/c1-12(2,3)13-19(17,18)14(4)10-8-6-5-7-9(10)11(15)16/h5-8,13H,1-4H3,(H,15,16). The van der Waals surface area contributed by atoms with Gasteiger partial charge in [0.15, 0.2) is 0 Å². The third kappa shape index (κ3) is 3.93. The summed E-state index contributed by atoms with van der Waals surface area (Å²) in [7, 11) is -2.49. The molecule has 0 heterocycles. The number of nitrogens with one attached hydrogen (secondary N) is 1. The zero-order valence-electron chi connectivity index (χ0n) is 11.3. The van der Waals surface area contributed by atoms with E-state index in [1.807, 2.05) is 0 Å². The highest BCUT2D eigenvalue weighted by atomic mass is 32.2. The van der Waals surface area contributed by atoms with Gasteiger partial charge < -0.3 is 5.11 Å². The van der Waals surface area contributed by atoms with Crippen molar-refractivity contribution in [3.05, 3.63) is 29.8 Å². The maximum atomic E-state index is 12.1. The molecule has 0 spiro atoms. The van der Waals surface area contributed by atoms with E-state index in [1.54, 1.807) is 32.9 Å². The van der Waals surface area contributed by atoms with Crippen molar-refractivity contribution in [2.24, 2.45) is 0 Å². The average Bonchev–Trinajstić information content (AvgIpc) is 2.24. The molecule has 0 aromatic heterocycles. The summed E-state index contributed by atoms with van der Waals surface area (Å²) in [4.78, 5) is 11.1. The zero-order valence-corrected chi connectivity index (χ0v) is 12.2. The second-order valence-electron chi connectivity index (χ2n) is 5.15. The molecule has 2 N–H and O–H groups in total. The first-order chi connectivity index (χ1) is 8.54. The van der Waals surface area contributed by atoms with E-state index < -0.39 is 21.7 Å². The molecule has 0 aliphatic rings. The summed E-state index contributed by atoms with van der Waals surface area (Å²) in [5, 5.41) is 9.07. The highest BCUT2D eigenvalue weighted by Gasteiger charge is 2.26. The first-order valence-electron chi connectivity index (χ1n) is 5.65. The number of hydrogen-bond acceptors (Lipinski definition) is 3. The van der Waals surface area contributed by atoms with E-state index in [0.29, 0.717) is 0 Å². The molecular weight excluding hydrogens is 268 g/mol. The van der Waals surface area contributed by atoms with Crippen LogP contribution in [-0.2, 0) is 10.2 Å². The van der Waals surface area contributed by atoms with Gasteiger partial charge >= 0.3 is 16.2 Å². The summed E-state index contributed by atoms with van der Waals surface area (Å²) in [6.45, 7) is 5.13. The van der Waals surface area contributed by atoms with Gasteiger partial charge in [0.25, 0.3) is 0 Å². The molecule has 0 saturated heterocycles. The molecule has 1 aromatic carbocycles. The van der Waals surface area contributed by atoms with Crippen LogP contribution < -0.4 is 9.03 Å². The monoisotopic (exact) mass is 286 g/mol. The van der Waals surface area contributed by atoms with E-state index in [1.165, 1.54) is 19.2 Å². The van der Waals surface area contributed by atoms with Crippen molar-refractivity contribution in [3.8, 4) is 0 Å². The molecule has 19 heavy (non-hydrogen) atoms. The van der Waals surface area contributed by atoms with Crippen LogP contribution in [0, 0.1) is 0 Å². The van der Waals surface area contributed by atoms with Crippen LogP contribution in [0.4, 0.5) is 5.69 Å². The Bertz CT molecular complexity index is 576. The minimum Gasteiger partial charge on any atom is -0.478 e. The van der Waals surface area contributed by atoms with E-state index in [2.05, 4.69) is 4.72 Å². The number of carboxylic acid groups (broad SMARTS) is 1. The number of hydrogen-bond donors (Lipinski definition) is 2. The summed E-state index contributed by atoms with van der Waals surface area (Å²) < 4.78 is 27.7. The summed E-state index contributed by atoms with van der Waals surface area (Å²) in [6, 6.07) is 5.95. The lowest BCUT2D eigenvalue weighted by atomic mass is 10.1. The van der Waals surface area contributed by atoms with Crippen molar-refractivity contribution >= 4 is 21.9 Å². The Labute approximate surface area is 113 Å². The number of aromatic carboxylic acids is 1. The molecule has 0 radical (unpaired) electrons. The van der Waals surface area contributed by atoms with Gasteiger partial charge in [-0.15, -0.1) is 0 Å². The van der Waals surface area contributed by atoms with Crippen molar-refractivity contribution in [3.63, 3.8) is 0 Å². The van der Waals surface area contributed by atoms with Gasteiger partial charge in [-0.2, -0.15) is 13.1 Å². The Balaban J connectivity index is 3.21. The van der Waals surface area contributed by atoms with Gasteiger partial charge in [-0.25, -0.2) is 4.79 Å². The van der Waals surface area contributed by atoms with Crippen LogP contribution in [0.15, 0.2) is 24.3 Å². The van der Waals surface area contributed by atoms with Crippen molar-refractivity contribution in [2.45, 2.75) is 26.3 Å². The highest BCUT2D eigenvalue weighted by Crippen LogP contribution is 2.22. The molecule has 0 atom stereocenters. The van der Waals surface area contributed by atoms with Gasteiger partial charge in [-0.3, -0.25) is 4.31 Å². The van der Waals surface area contributed by atoms with Crippen LogP contribution in [0.2, 0.25) is 0 Å². The van der Waals surface area contributed by atoms with Gasteiger partial charge in [0.2, 0.25) is 0 Å². The van der Waals surface area contributed by atoms with Crippen LogP contribution in [-0.4, -0.2) is 32.1 Å². The molecule has 0 fully saturated rings. The van der Waals surface area contributed by atoms with Gasteiger partial charge in [0.05, 0.1) is 11.3 Å². The first kappa shape index (κ1) is 15.5. The highest BCUT2D eigenvalue weighted by molar-refractivity contribution is 7.90. The summed E-state index contributed by atoms with van der Waals surface area (Å²) in [5.74, 6) is -1.17. The van der Waals surface area contributed by atoms with E-state index in [4.69, 9.17) is 5.11 Å². The van der Waals surface area contributed by atoms with Gasteiger partial charge in [0.1, 0.15) is 0 Å². The van der Waals surface area contributed by atoms with E-state index >= 15 is 0 Å². The molecule has 7 heteroatoms. The number of rotatable bonds is 4. The lowest BCUT2D eigenvalue weighted by Gasteiger charge is -2.27. The number of para-hydroxylation sites is 1. The van der Waals surface area contributed by atoms with Crippen molar-refractivity contribution < 1.29 is 18.3 Å². The molecule has 0 saturated carbocycles. The fraction of sp³-hybridized carbons (Fsp3) is 0.417. The second-order valence-corrected chi connectivity index (χ2v) is 6.85. The number of carboxylic acids is 1. The molecule has 0 aliphatic heterocycles. The van der Waals surface area contributed by atoms with Crippen LogP contribution in [0.5, 0.6) is 0 Å². The average molecular weight is 286 g/mol. The molecule has 106 valence electrons. The normalized spacial score (nSPS) is 12.2. The van der Waals surface area contributed by atoms with E-state index in [0.717, 1.165) is 4.31 Å². The van der Waals surface area contributed by atoms with Gasteiger partial charge in [0, 0.05) is 12.6 Å². The predicted octanol–water partition coefficient (Wildman–Crippen LogP) is 1.45. The van der Waals surface area contributed by atoms with Crippen LogP contribution in [0.1, 0.15) is 31.1 Å². The van der Waals surface area contributed by atoms with Crippen molar-refractivity contribution in [1.82, 2.24) is 4.72 Å². The van der Waals surface area contributed by atoms with Crippen LogP contribution >= 0.6 is 0 Å². The fourth-order valence-electron chi connectivity index (χ4n) is 1.51. The predicted molar refractivity (Wildman–Crippen MR) is 73.6 cm³/mol. The topological polar surface area (TPSA) is 86.7 Å². The second kappa shape index (κ2) is 5.18. The first-order valence-corrected chi connectivity index (χ1v) is 7.09. The summed E-state index contributed by atoms with van der Waals surface area (Å²) in [5.41, 5.74) is -0.596. The lowest BCUT2D eigenvalue weighted by Crippen LogP contribution is -2.48. The summed E-state index contributed by atoms with van der Waals surface area (Å²) >= 11 is 0. The molecule has 0 bridgehead atoms. The maximum absolute atomic E-state index is 12.1. The molecule has 0 amide bonds. The van der Waals surface area contributed by atoms with Crippen LogP contribution in [0.25, 0.3) is 0 Å². The Morgan fingerprint density at radius 2 is 1.79 bits per heavy atom. The van der Waals surface area contributed by atoms with Gasteiger partial charge in [-0.1, -0.05) is 12.1 Å². The van der Waals surface area contributed by atoms with E-state index in [9.17, 15) is 13.2 Å². The third-order valence-electron chi connectivity index (χ3n) is 2.27. The maximum Gasteiger partial charge on any atom is 0.337 e. The van der Waals surface area contributed by atoms with Crippen LogP contribution in [0.3, 0.4) is 0 Å². The Hall–Kier alpha value is -1.60. The Kier molecular flexibility index (Phi) is 4.21. The minimum atomic E-state index is -3.81. The molecule has 0 aliphatic carbocycles. The zero-order chi connectivity index (χ0) is 14.8. The lowest BCUT2D eigenvalue weighted by molar-refractivity contribution is 0.0698. The van der Waals surface area contributed by atoms with Crippen molar-refractivity contribution in [1.29, 1.82) is 0 Å². The third-order valence-corrected chi connectivity index (χ3v) is 4.06. The largest absolute Gasteiger partial charge is 0.478 e. The molecule has 1 rings (SSSR count). The number of carbonyl (C=O) groups is 1. The molecule has 6 nitrogen and oxygen atoms in total. The van der Waals surface area contributed by atoms with E-state index in [-0.39, 0.29) is 11.3 Å². The van der Waals surface area contributed by atoms with Crippen molar-refractivity contribution in [2.75, 3.05) is 11.4 Å². The minimum absolute atomic E-state index is 0.0655. The number of benzene rings is 1.